The van der Waals surface area contributed by atoms with E-state index < -0.39 is 0 Å². The first kappa shape index (κ1) is 13.5. The fraction of sp³-hybridized carbons (Fsp3) is 0.462. The van der Waals surface area contributed by atoms with Crippen LogP contribution in [0.3, 0.4) is 0 Å². The van der Waals surface area contributed by atoms with Gasteiger partial charge in [0.1, 0.15) is 5.75 Å². The lowest BCUT2D eigenvalue weighted by Gasteiger charge is -2.14. The minimum atomic E-state index is 0.00116. The van der Waals surface area contributed by atoms with Crippen LogP contribution in [0.1, 0.15) is 38.3 Å². The Labute approximate surface area is 102 Å². The number of phenolic OH excluding ortho intramolecular Hbond substituents is 1. The van der Waals surface area contributed by atoms with Crippen LogP contribution in [-0.4, -0.2) is 18.1 Å². The molecular formula is C13H20N2O2. The van der Waals surface area contributed by atoms with Crippen molar-refractivity contribution >= 4 is 11.6 Å². The molecule has 1 unspecified atom stereocenters. The van der Waals surface area contributed by atoms with Gasteiger partial charge in [0.25, 0.3) is 0 Å². The normalized spacial score (nSPS) is 12.2. The third-order valence-corrected chi connectivity index (χ3v) is 2.69. The topological polar surface area (TPSA) is 61.4 Å². The maximum absolute atomic E-state index is 11.5. The van der Waals surface area contributed by atoms with Crippen molar-refractivity contribution in [3.05, 3.63) is 23.8 Å². The van der Waals surface area contributed by atoms with Crippen LogP contribution in [0.2, 0.25) is 0 Å². The Morgan fingerprint density at radius 3 is 2.76 bits per heavy atom. The van der Waals surface area contributed by atoms with Crippen LogP contribution in [0.5, 0.6) is 5.75 Å². The second kappa shape index (κ2) is 6.25. The van der Waals surface area contributed by atoms with Gasteiger partial charge in [0.15, 0.2) is 0 Å². The van der Waals surface area contributed by atoms with Gasteiger partial charge in [0.05, 0.1) is 0 Å². The van der Waals surface area contributed by atoms with Crippen molar-refractivity contribution in [1.82, 2.24) is 5.32 Å². The quantitative estimate of drug-likeness (QED) is 0.688. The first-order chi connectivity index (χ1) is 8.08. The number of anilines is 1. The number of nitrogens with one attached hydrogen (secondary N) is 2. The lowest BCUT2D eigenvalue weighted by Crippen LogP contribution is -2.14. The van der Waals surface area contributed by atoms with Crippen LogP contribution < -0.4 is 10.6 Å². The number of aromatic hydroxyl groups is 1. The summed E-state index contributed by atoms with van der Waals surface area (Å²) in [5.41, 5.74) is 1.50. The molecule has 0 aliphatic rings. The number of phenols is 1. The van der Waals surface area contributed by atoms with Gasteiger partial charge in [-0.25, -0.2) is 0 Å². The molecule has 0 saturated carbocycles. The number of rotatable bonds is 5. The summed E-state index contributed by atoms with van der Waals surface area (Å²) >= 11 is 0. The molecule has 0 heterocycles. The van der Waals surface area contributed by atoms with Crippen LogP contribution >= 0.6 is 0 Å². The van der Waals surface area contributed by atoms with Crippen molar-refractivity contribution in [2.45, 2.75) is 32.7 Å². The molecule has 4 nitrogen and oxygen atoms in total. The van der Waals surface area contributed by atoms with Crippen LogP contribution in [0.25, 0.3) is 0 Å². The van der Waals surface area contributed by atoms with Crippen LogP contribution in [0.15, 0.2) is 18.2 Å². The van der Waals surface area contributed by atoms with E-state index in [2.05, 4.69) is 10.6 Å². The van der Waals surface area contributed by atoms with E-state index in [9.17, 15) is 9.90 Å². The minimum Gasteiger partial charge on any atom is -0.508 e. The summed E-state index contributed by atoms with van der Waals surface area (Å²) in [5.74, 6) is 0.238. The van der Waals surface area contributed by atoms with Gasteiger partial charge in [-0.3, -0.25) is 4.79 Å². The van der Waals surface area contributed by atoms with Crippen molar-refractivity contribution < 1.29 is 9.90 Å². The summed E-state index contributed by atoms with van der Waals surface area (Å²) in [7, 11) is 1.83. The molecule has 0 saturated heterocycles. The zero-order valence-corrected chi connectivity index (χ0v) is 10.6. The highest BCUT2D eigenvalue weighted by molar-refractivity contribution is 5.90. The van der Waals surface area contributed by atoms with Crippen LogP contribution in [0.4, 0.5) is 5.69 Å². The molecule has 17 heavy (non-hydrogen) atoms. The summed E-state index contributed by atoms with van der Waals surface area (Å²) < 4.78 is 0. The maximum Gasteiger partial charge on any atom is 0.224 e. The molecule has 0 radical (unpaired) electrons. The maximum atomic E-state index is 11.5. The van der Waals surface area contributed by atoms with Gasteiger partial charge in [0, 0.05) is 23.7 Å². The van der Waals surface area contributed by atoms with E-state index in [-0.39, 0.29) is 17.7 Å². The Morgan fingerprint density at radius 1 is 1.47 bits per heavy atom. The van der Waals surface area contributed by atoms with Gasteiger partial charge >= 0.3 is 0 Å². The molecule has 0 bridgehead atoms. The first-order valence-corrected chi connectivity index (χ1v) is 5.88. The molecule has 0 aromatic heterocycles. The first-order valence-electron chi connectivity index (χ1n) is 5.88. The van der Waals surface area contributed by atoms with Gasteiger partial charge in [-0.2, -0.15) is 0 Å². The summed E-state index contributed by atoms with van der Waals surface area (Å²) in [5, 5.41) is 15.6. The summed E-state index contributed by atoms with van der Waals surface area (Å²) in [6.07, 6.45) is 1.33. The molecule has 94 valence electrons. The molecule has 0 fully saturated rings. The number of hydrogen-bond donors (Lipinski definition) is 3. The Balaban J connectivity index is 2.85. The standard InChI is InChI=1S/C13H20N2O2/c1-4-5-13(17)15-10-6-7-12(16)11(8-10)9(2)14-3/h6-9,14,16H,4-5H2,1-3H3,(H,15,17). The third-order valence-electron chi connectivity index (χ3n) is 2.69. The Morgan fingerprint density at radius 2 is 2.18 bits per heavy atom. The van der Waals surface area contributed by atoms with Crippen molar-refractivity contribution in [2.24, 2.45) is 0 Å². The highest BCUT2D eigenvalue weighted by Gasteiger charge is 2.10. The van der Waals surface area contributed by atoms with Gasteiger partial charge < -0.3 is 15.7 Å². The van der Waals surface area contributed by atoms with Gasteiger partial charge in [-0.05, 0) is 38.6 Å². The molecule has 4 heteroatoms. The number of amides is 1. The number of carbonyl (C=O) groups is 1. The number of benzene rings is 1. The zero-order chi connectivity index (χ0) is 12.8. The second-order valence-electron chi connectivity index (χ2n) is 4.08. The molecule has 1 aromatic carbocycles. The fourth-order valence-corrected chi connectivity index (χ4v) is 1.59. The second-order valence-corrected chi connectivity index (χ2v) is 4.08. The van der Waals surface area contributed by atoms with E-state index in [0.717, 1.165) is 17.7 Å². The van der Waals surface area contributed by atoms with Crippen molar-refractivity contribution in [2.75, 3.05) is 12.4 Å². The predicted octanol–water partition coefficient (Wildman–Crippen LogP) is 2.41. The Kier molecular flexibility index (Phi) is 4.97. The number of carbonyl (C=O) groups excluding carboxylic acids is 1. The van der Waals surface area contributed by atoms with E-state index in [4.69, 9.17) is 0 Å². The summed E-state index contributed by atoms with van der Waals surface area (Å²) in [4.78, 5) is 11.5. The predicted molar refractivity (Wildman–Crippen MR) is 69.1 cm³/mol. The van der Waals surface area contributed by atoms with Crippen LogP contribution in [0, 0.1) is 0 Å². The zero-order valence-electron chi connectivity index (χ0n) is 10.6. The van der Waals surface area contributed by atoms with E-state index in [1.54, 1.807) is 18.2 Å². The van der Waals surface area contributed by atoms with E-state index in [1.807, 2.05) is 20.9 Å². The fourth-order valence-electron chi connectivity index (χ4n) is 1.59. The monoisotopic (exact) mass is 236 g/mol. The molecule has 1 rings (SSSR count). The summed E-state index contributed by atoms with van der Waals surface area (Å²) in [6.45, 7) is 3.91. The summed E-state index contributed by atoms with van der Waals surface area (Å²) in [6, 6.07) is 5.14. The average Bonchev–Trinajstić information content (AvgIpc) is 2.31. The van der Waals surface area contributed by atoms with Gasteiger partial charge in [-0.15, -0.1) is 0 Å². The minimum absolute atomic E-state index is 0.00116. The van der Waals surface area contributed by atoms with Crippen molar-refractivity contribution in [3.63, 3.8) is 0 Å². The molecule has 0 aliphatic carbocycles. The van der Waals surface area contributed by atoms with Crippen molar-refractivity contribution in [1.29, 1.82) is 0 Å². The van der Waals surface area contributed by atoms with Gasteiger partial charge in [-0.1, -0.05) is 6.92 Å². The largest absolute Gasteiger partial charge is 0.508 e. The van der Waals surface area contributed by atoms with Gasteiger partial charge in [0.2, 0.25) is 5.91 Å². The Bertz CT molecular complexity index is 391. The van der Waals surface area contributed by atoms with E-state index in [1.165, 1.54) is 0 Å². The smallest absolute Gasteiger partial charge is 0.224 e. The lowest BCUT2D eigenvalue weighted by molar-refractivity contribution is -0.116. The van der Waals surface area contributed by atoms with E-state index in [0.29, 0.717) is 6.42 Å². The molecule has 1 aromatic rings. The SMILES string of the molecule is CCCC(=O)Nc1ccc(O)c(C(C)NC)c1. The molecule has 0 spiro atoms. The molecule has 1 atom stereocenters. The molecular weight excluding hydrogens is 216 g/mol. The van der Waals surface area contributed by atoms with Crippen molar-refractivity contribution in [3.8, 4) is 5.75 Å². The highest BCUT2D eigenvalue weighted by atomic mass is 16.3. The molecule has 3 N–H and O–H groups in total. The Hall–Kier alpha value is -1.55. The average molecular weight is 236 g/mol. The highest BCUT2D eigenvalue weighted by Crippen LogP contribution is 2.27. The molecule has 1 amide bonds. The van der Waals surface area contributed by atoms with E-state index >= 15 is 0 Å². The third kappa shape index (κ3) is 3.75. The molecule has 0 aliphatic heterocycles. The lowest BCUT2D eigenvalue weighted by atomic mass is 10.1. The number of hydrogen-bond acceptors (Lipinski definition) is 3. The van der Waals surface area contributed by atoms with Crippen LogP contribution in [-0.2, 0) is 4.79 Å².